The topological polar surface area (TPSA) is 12.0 Å². The van der Waals surface area contributed by atoms with Crippen molar-refractivity contribution in [3.8, 4) is 0 Å². The Morgan fingerprint density at radius 2 is 1.47 bits per heavy atom. The summed E-state index contributed by atoms with van der Waals surface area (Å²) in [5.41, 5.74) is 0. The first-order valence-electron chi connectivity index (χ1n) is 8.15. The second-order valence-electron chi connectivity index (χ2n) is 6.87. The Labute approximate surface area is 107 Å². The third-order valence-corrected chi connectivity index (χ3v) is 5.42. The molecule has 0 aliphatic heterocycles. The summed E-state index contributed by atoms with van der Waals surface area (Å²) in [5, 5.41) is 3.81. The average Bonchev–Trinajstić information content (AvgIpc) is 2.85. The van der Waals surface area contributed by atoms with E-state index >= 15 is 0 Å². The smallest absolute Gasteiger partial charge is 0.00683 e. The van der Waals surface area contributed by atoms with Gasteiger partial charge in [0.1, 0.15) is 0 Å². The maximum atomic E-state index is 3.81. The summed E-state index contributed by atoms with van der Waals surface area (Å²) in [6, 6.07) is 0.905. The molecule has 1 atom stereocenters. The first-order valence-corrected chi connectivity index (χ1v) is 8.15. The van der Waals surface area contributed by atoms with E-state index < -0.39 is 0 Å². The van der Waals surface area contributed by atoms with Crippen LogP contribution in [0.5, 0.6) is 0 Å². The standard InChI is InChI=1S/C16H29N/c1-2-6-13(5-1)11-15(12-17-16-9-10-16)14-7-3-4-8-14/h13-17H,1-12H2. The van der Waals surface area contributed by atoms with Crippen LogP contribution in [0.25, 0.3) is 0 Å². The summed E-state index contributed by atoms with van der Waals surface area (Å²) >= 11 is 0. The molecule has 0 aromatic carbocycles. The molecule has 0 bridgehead atoms. The third kappa shape index (κ3) is 3.47. The van der Waals surface area contributed by atoms with Crippen molar-refractivity contribution in [2.24, 2.45) is 17.8 Å². The first-order chi connectivity index (χ1) is 8.42. The van der Waals surface area contributed by atoms with E-state index in [1.54, 1.807) is 6.42 Å². The van der Waals surface area contributed by atoms with Gasteiger partial charge in [0.15, 0.2) is 0 Å². The van der Waals surface area contributed by atoms with Crippen molar-refractivity contribution in [2.75, 3.05) is 6.54 Å². The quantitative estimate of drug-likeness (QED) is 0.730. The second kappa shape index (κ2) is 5.73. The minimum absolute atomic E-state index is 0.905. The van der Waals surface area contributed by atoms with Crippen molar-refractivity contribution in [3.05, 3.63) is 0 Å². The third-order valence-electron chi connectivity index (χ3n) is 5.42. The molecule has 3 aliphatic rings. The number of hydrogen-bond acceptors (Lipinski definition) is 1. The minimum atomic E-state index is 0.905. The van der Waals surface area contributed by atoms with Crippen LogP contribution in [0.4, 0.5) is 0 Å². The lowest BCUT2D eigenvalue weighted by Gasteiger charge is -2.26. The average molecular weight is 235 g/mol. The van der Waals surface area contributed by atoms with E-state index in [0.717, 1.165) is 23.8 Å². The monoisotopic (exact) mass is 235 g/mol. The zero-order valence-electron chi connectivity index (χ0n) is 11.3. The van der Waals surface area contributed by atoms with E-state index in [2.05, 4.69) is 5.32 Å². The van der Waals surface area contributed by atoms with Gasteiger partial charge in [0.05, 0.1) is 0 Å². The Morgan fingerprint density at radius 3 is 2.12 bits per heavy atom. The highest BCUT2D eigenvalue weighted by atomic mass is 14.9. The highest BCUT2D eigenvalue weighted by Gasteiger charge is 2.30. The molecule has 0 amide bonds. The van der Waals surface area contributed by atoms with Gasteiger partial charge in [0.2, 0.25) is 0 Å². The SMILES string of the molecule is C1CCC(CC(CNC2CC2)C2CCCC2)C1. The molecule has 1 heteroatoms. The van der Waals surface area contributed by atoms with Gasteiger partial charge in [-0.15, -0.1) is 0 Å². The van der Waals surface area contributed by atoms with E-state index in [9.17, 15) is 0 Å². The van der Waals surface area contributed by atoms with Crippen LogP contribution in [0.15, 0.2) is 0 Å². The summed E-state index contributed by atoms with van der Waals surface area (Å²) in [5.74, 6) is 3.17. The van der Waals surface area contributed by atoms with Crippen LogP contribution < -0.4 is 5.32 Å². The van der Waals surface area contributed by atoms with Crippen molar-refractivity contribution >= 4 is 0 Å². The molecule has 3 saturated carbocycles. The van der Waals surface area contributed by atoms with Gasteiger partial charge in [-0.3, -0.25) is 0 Å². The van der Waals surface area contributed by atoms with Crippen LogP contribution in [-0.4, -0.2) is 12.6 Å². The zero-order valence-corrected chi connectivity index (χ0v) is 11.3. The molecule has 3 rings (SSSR count). The molecular weight excluding hydrogens is 206 g/mol. The van der Waals surface area contributed by atoms with Gasteiger partial charge in [0, 0.05) is 6.04 Å². The van der Waals surface area contributed by atoms with Crippen molar-refractivity contribution in [1.29, 1.82) is 0 Å². The maximum absolute atomic E-state index is 3.81. The zero-order chi connectivity index (χ0) is 11.5. The molecule has 3 fully saturated rings. The lowest BCUT2D eigenvalue weighted by Crippen LogP contribution is -2.30. The predicted molar refractivity (Wildman–Crippen MR) is 73.0 cm³/mol. The molecule has 98 valence electrons. The number of hydrogen-bond donors (Lipinski definition) is 1. The van der Waals surface area contributed by atoms with Gasteiger partial charge in [-0.05, 0) is 43.6 Å². The molecule has 1 N–H and O–H groups in total. The molecule has 0 saturated heterocycles. The Hall–Kier alpha value is -0.0400. The molecule has 0 radical (unpaired) electrons. The van der Waals surface area contributed by atoms with E-state index in [0.29, 0.717) is 0 Å². The summed E-state index contributed by atoms with van der Waals surface area (Å²) in [6.45, 7) is 1.34. The van der Waals surface area contributed by atoms with E-state index in [4.69, 9.17) is 0 Å². The van der Waals surface area contributed by atoms with Gasteiger partial charge < -0.3 is 5.32 Å². The first kappa shape index (κ1) is 12.0. The summed E-state index contributed by atoms with van der Waals surface area (Å²) in [6.07, 6.45) is 16.6. The highest BCUT2D eigenvalue weighted by Crippen LogP contribution is 2.38. The lowest BCUT2D eigenvalue weighted by molar-refractivity contribution is 0.260. The van der Waals surface area contributed by atoms with Crippen molar-refractivity contribution in [2.45, 2.75) is 76.7 Å². The molecule has 0 aromatic heterocycles. The fourth-order valence-corrected chi connectivity index (χ4v) is 4.15. The van der Waals surface area contributed by atoms with Crippen LogP contribution in [0.1, 0.15) is 70.6 Å². The molecular formula is C16H29N. The Bertz CT molecular complexity index is 222. The van der Waals surface area contributed by atoms with E-state index in [1.165, 1.54) is 70.8 Å². The van der Waals surface area contributed by atoms with Crippen LogP contribution in [0.2, 0.25) is 0 Å². The van der Waals surface area contributed by atoms with Gasteiger partial charge >= 0.3 is 0 Å². The van der Waals surface area contributed by atoms with Gasteiger partial charge in [-0.1, -0.05) is 51.4 Å². The maximum Gasteiger partial charge on any atom is 0.00683 e. The van der Waals surface area contributed by atoms with Crippen molar-refractivity contribution in [3.63, 3.8) is 0 Å². The Kier molecular flexibility index (Phi) is 4.05. The van der Waals surface area contributed by atoms with Gasteiger partial charge in [0.25, 0.3) is 0 Å². The molecule has 3 aliphatic carbocycles. The van der Waals surface area contributed by atoms with E-state index in [1.807, 2.05) is 0 Å². The number of nitrogens with one attached hydrogen (secondary N) is 1. The predicted octanol–water partition coefficient (Wildman–Crippen LogP) is 4.13. The number of rotatable bonds is 6. The fraction of sp³-hybridized carbons (Fsp3) is 1.00. The molecule has 17 heavy (non-hydrogen) atoms. The molecule has 0 heterocycles. The minimum Gasteiger partial charge on any atom is -0.314 e. The Balaban J connectivity index is 1.49. The molecule has 0 aromatic rings. The van der Waals surface area contributed by atoms with Crippen molar-refractivity contribution in [1.82, 2.24) is 5.32 Å². The largest absolute Gasteiger partial charge is 0.314 e. The van der Waals surface area contributed by atoms with Crippen LogP contribution in [-0.2, 0) is 0 Å². The Morgan fingerprint density at radius 1 is 0.824 bits per heavy atom. The van der Waals surface area contributed by atoms with E-state index in [-0.39, 0.29) is 0 Å². The van der Waals surface area contributed by atoms with Crippen LogP contribution >= 0.6 is 0 Å². The molecule has 1 unspecified atom stereocenters. The summed E-state index contributed by atoms with van der Waals surface area (Å²) in [7, 11) is 0. The summed E-state index contributed by atoms with van der Waals surface area (Å²) in [4.78, 5) is 0. The van der Waals surface area contributed by atoms with Gasteiger partial charge in [-0.25, -0.2) is 0 Å². The van der Waals surface area contributed by atoms with Crippen molar-refractivity contribution < 1.29 is 0 Å². The fourth-order valence-electron chi connectivity index (χ4n) is 4.15. The normalized spacial score (nSPS) is 28.9. The van der Waals surface area contributed by atoms with Crippen LogP contribution in [0, 0.1) is 17.8 Å². The molecule has 1 nitrogen and oxygen atoms in total. The second-order valence-corrected chi connectivity index (χ2v) is 6.87. The highest BCUT2D eigenvalue weighted by molar-refractivity contribution is 4.86. The van der Waals surface area contributed by atoms with Crippen LogP contribution in [0.3, 0.4) is 0 Å². The molecule has 0 spiro atoms. The van der Waals surface area contributed by atoms with Gasteiger partial charge in [-0.2, -0.15) is 0 Å². The summed E-state index contributed by atoms with van der Waals surface area (Å²) < 4.78 is 0. The lowest BCUT2D eigenvalue weighted by atomic mass is 9.82.